The van der Waals surface area contributed by atoms with Gasteiger partial charge in [-0.05, 0) is 60.9 Å². The van der Waals surface area contributed by atoms with Crippen LogP contribution in [-0.2, 0) is 6.42 Å². The van der Waals surface area contributed by atoms with Gasteiger partial charge in [-0.2, -0.15) is 0 Å². The lowest BCUT2D eigenvalue weighted by molar-refractivity contribution is 0.0940. The van der Waals surface area contributed by atoms with Crippen molar-refractivity contribution in [1.82, 2.24) is 4.90 Å². The Morgan fingerprint density at radius 2 is 1.81 bits per heavy atom. The maximum Gasteiger partial charge on any atom is 0.161 e. The van der Waals surface area contributed by atoms with E-state index in [1.807, 2.05) is 6.07 Å². The molecule has 0 amide bonds. The molecule has 0 unspecified atom stereocenters. The maximum atomic E-state index is 10.5. The Morgan fingerprint density at radius 1 is 1.15 bits per heavy atom. The first kappa shape index (κ1) is 19.3. The third kappa shape index (κ3) is 4.46. The molecule has 0 bridgehead atoms. The van der Waals surface area contributed by atoms with Gasteiger partial charge in [0, 0.05) is 31.4 Å². The van der Waals surface area contributed by atoms with Crippen LogP contribution in [0.2, 0.25) is 0 Å². The molecule has 0 fully saturated rings. The van der Waals surface area contributed by atoms with Crippen LogP contribution >= 0.6 is 0 Å². The third-order valence-electron chi connectivity index (χ3n) is 5.17. The minimum absolute atomic E-state index is 0.192. The average molecular weight is 372 g/mol. The van der Waals surface area contributed by atoms with Crippen LogP contribution < -0.4 is 14.8 Å². The summed E-state index contributed by atoms with van der Waals surface area (Å²) >= 11 is 0. The molecular formula is C21H28N2O4. The van der Waals surface area contributed by atoms with Gasteiger partial charge in [0.25, 0.3) is 0 Å². The number of aliphatic hydroxyl groups is 1. The van der Waals surface area contributed by atoms with Gasteiger partial charge >= 0.3 is 0 Å². The second-order valence-electron chi connectivity index (χ2n) is 6.91. The number of rotatable bonds is 7. The van der Waals surface area contributed by atoms with Crippen LogP contribution in [0.3, 0.4) is 0 Å². The summed E-state index contributed by atoms with van der Waals surface area (Å²) in [5.41, 5.74) is 3.37. The first-order valence-corrected chi connectivity index (χ1v) is 9.21. The van der Waals surface area contributed by atoms with E-state index in [1.54, 1.807) is 38.5 Å². The van der Waals surface area contributed by atoms with Gasteiger partial charge < -0.3 is 25.0 Å². The molecule has 0 aliphatic carbocycles. The smallest absolute Gasteiger partial charge is 0.161 e. The summed E-state index contributed by atoms with van der Waals surface area (Å²) in [5, 5.41) is 23.0. The predicted octanol–water partition coefficient (Wildman–Crippen LogP) is 2.80. The lowest BCUT2D eigenvalue weighted by Gasteiger charge is -2.37. The highest BCUT2D eigenvalue weighted by molar-refractivity contribution is 5.49. The molecule has 146 valence electrons. The molecule has 1 aliphatic heterocycles. The fourth-order valence-corrected chi connectivity index (χ4v) is 3.60. The van der Waals surface area contributed by atoms with Gasteiger partial charge in [0.2, 0.25) is 0 Å². The van der Waals surface area contributed by atoms with Gasteiger partial charge in [-0.3, -0.25) is 4.90 Å². The number of β-amino-alcohol motifs (C(OH)–C–C–N with tert-alkyl or cyclic N) is 1. The fraction of sp³-hybridized carbons (Fsp3) is 0.429. The summed E-state index contributed by atoms with van der Waals surface area (Å²) in [4.78, 5) is 2.29. The lowest BCUT2D eigenvalue weighted by Crippen LogP contribution is -2.41. The SMILES string of the molecule is COc1cc2c(cc1OC)[C@@H](C)N(C[C@@H](O)CNc1ccc(O)cc1)CC2. The molecule has 6 nitrogen and oxygen atoms in total. The van der Waals surface area contributed by atoms with Crippen LogP contribution in [0.15, 0.2) is 36.4 Å². The normalized spacial score (nSPS) is 17.9. The number of benzene rings is 2. The van der Waals surface area contributed by atoms with Crippen molar-refractivity contribution in [2.45, 2.75) is 25.5 Å². The summed E-state index contributed by atoms with van der Waals surface area (Å²) in [5.74, 6) is 1.73. The van der Waals surface area contributed by atoms with Crippen molar-refractivity contribution in [2.24, 2.45) is 0 Å². The zero-order valence-corrected chi connectivity index (χ0v) is 16.1. The van der Waals surface area contributed by atoms with Gasteiger partial charge in [-0.1, -0.05) is 0 Å². The summed E-state index contributed by atoms with van der Waals surface area (Å²) in [6.45, 7) is 4.08. The highest BCUT2D eigenvalue weighted by Crippen LogP contribution is 2.37. The Labute approximate surface area is 160 Å². The molecule has 27 heavy (non-hydrogen) atoms. The van der Waals surface area contributed by atoms with Gasteiger partial charge in [0.1, 0.15) is 5.75 Å². The molecule has 2 aromatic rings. The van der Waals surface area contributed by atoms with E-state index in [2.05, 4.69) is 23.2 Å². The molecule has 2 atom stereocenters. The Balaban J connectivity index is 1.62. The first-order chi connectivity index (χ1) is 13.0. The second-order valence-corrected chi connectivity index (χ2v) is 6.91. The number of methoxy groups -OCH3 is 2. The van der Waals surface area contributed by atoms with Crippen molar-refractivity contribution in [3.63, 3.8) is 0 Å². The van der Waals surface area contributed by atoms with E-state index in [0.717, 1.165) is 30.2 Å². The van der Waals surface area contributed by atoms with Crippen molar-refractivity contribution in [2.75, 3.05) is 39.2 Å². The predicted molar refractivity (Wildman–Crippen MR) is 106 cm³/mol. The number of nitrogens with zero attached hydrogens (tertiary/aromatic N) is 1. The van der Waals surface area contributed by atoms with Crippen molar-refractivity contribution < 1.29 is 19.7 Å². The maximum absolute atomic E-state index is 10.5. The number of nitrogens with one attached hydrogen (secondary N) is 1. The zero-order valence-electron chi connectivity index (χ0n) is 16.1. The lowest BCUT2D eigenvalue weighted by atomic mass is 9.92. The Kier molecular flexibility index (Phi) is 6.08. The van der Waals surface area contributed by atoms with E-state index < -0.39 is 6.10 Å². The summed E-state index contributed by atoms with van der Waals surface area (Å²) in [7, 11) is 3.30. The van der Waals surface area contributed by atoms with Crippen LogP contribution in [-0.4, -0.2) is 55.1 Å². The molecule has 3 rings (SSSR count). The molecule has 0 aromatic heterocycles. The Morgan fingerprint density at radius 3 is 2.48 bits per heavy atom. The zero-order chi connectivity index (χ0) is 19.4. The molecular weight excluding hydrogens is 344 g/mol. The minimum atomic E-state index is -0.497. The van der Waals surface area contributed by atoms with Crippen LogP contribution in [0.4, 0.5) is 5.69 Å². The summed E-state index contributed by atoms with van der Waals surface area (Å²) in [6.07, 6.45) is 0.418. The van der Waals surface area contributed by atoms with E-state index in [1.165, 1.54) is 11.1 Å². The molecule has 0 saturated carbocycles. The van der Waals surface area contributed by atoms with E-state index in [-0.39, 0.29) is 11.8 Å². The molecule has 0 spiro atoms. The standard InChI is InChI=1S/C21H28N2O4/c1-14-19-11-21(27-3)20(26-2)10-15(19)8-9-23(14)13-18(25)12-22-16-4-6-17(24)7-5-16/h4-7,10-11,14,18,22,24-25H,8-9,12-13H2,1-3H3/t14-,18+/m1/s1. The largest absolute Gasteiger partial charge is 0.508 e. The number of aromatic hydroxyl groups is 1. The molecule has 3 N–H and O–H groups in total. The second kappa shape index (κ2) is 8.50. The molecule has 6 heteroatoms. The molecule has 1 heterocycles. The average Bonchev–Trinajstić information content (AvgIpc) is 2.69. The third-order valence-corrected chi connectivity index (χ3v) is 5.17. The summed E-state index contributed by atoms with van der Waals surface area (Å²) < 4.78 is 10.8. The Bertz CT molecular complexity index is 764. The number of hydrogen-bond acceptors (Lipinski definition) is 6. The minimum Gasteiger partial charge on any atom is -0.508 e. The first-order valence-electron chi connectivity index (χ1n) is 9.21. The number of aliphatic hydroxyl groups excluding tert-OH is 1. The van der Waals surface area contributed by atoms with Crippen LogP contribution in [0.25, 0.3) is 0 Å². The van der Waals surface area contributed by atoms with Crippen molar-refractivity contribution in [3.8, 4) is 17.2 Å². The van der Waals surface area contributed by atoms with E-state index in [0.29, 0.717) is 13.1 Å². The molecule has 2 aromatic carbocycles. The number of hydrogen-bond donors (Lipinski definition) is 3. The van der Waals surface area contributed by atoms with E-state index in [4.69, 9.17) is 9.47 Å². The fourth-order valence-electron chi connectivity index (χ4n) is 3.60. The number of ether oxygens (including phenoxy) is 2. The van der Waals surface area contributed by atoms with Crippen LogP contribution in [0, 0.1) is 0 Å². The topological polar surface area (TPSA) is 74.2 Å². The van der Waals surface area contributed by atoms with Crippen LogP contribution in [0.5, 0.6) is 17.2 Å². The molecule has 1 aliphatic rings. The molecule has 0 saturated heterocycles. The van der Waals surface area contributed by atoms with Crippen molar-refractivity contribution in [1.29, 1.82) is 0 Å². The highest BCUT2D eigenvalue weighted by atomic mass is 16.5. The molecule has 0 radical (unpaired) electrons. The van der Waals surface area contributed by atoms with E-state index in [9.17, 15) is 10.2 Å². The quantitative estimate of drug-likeness (QED) is 0.649. The van der Waals surface area contributed by atoms with Crippen molar-refractivity contribution >= 4 is 5.69 Å². The number of anilines is 1. The van der Waals surface area contributed by atoms with E-state index >= 15 is 0 Å². The monoisotopic (exact) mass is 372 g/mol. The summed E-state index contributed by atoms with van der Waals surface area (Å²) in [6, 6.07) is 11.1. The number of fused-ring (bicyclic) bond motifs is 1. The van der Waals surface area contributed by atoms with Crippen molar-refractivity contribution in [3.05, 3.63) is 47.5 Å². The van der Waals surface area contributed by atoms with Gasteiger partial charge in [-0.25, -0.2) is 0 Å². The van der Waals surface area contributed by atoms with Gasteiger partial charge in [0.05, 0.1) is 20.3 Å². The highest BCUT2D eigenvalue weighted by Gasteiger charge is 2.27. The van der Waals surface area contributed by atoms with Gasteiger partial charge in [0.15, 0.2) is 11.5 Å². The number of phenols is 1. The van der Waals surface area contributed by atoms with Gasteiger partial charge in [-0.15, -0.1) is 0 Å². The number of phenolic OH excluding ortho intramolecular Hbond substituents is 1. The Hall–Kier alpha value is -2.44. The van der Waals surface area contributed by atoms with Crippen LogP contribution in [0.1, 0.15) is 24.1 Å².